The number of carbonyl (C=O) groups is 1. The molecule has 2 aromatic heterocycles. The van der Waals surface area contributed by atoms with Gasteiger partial charge in [-0.2, -0.15) is 0 Å². The maximum absolute atomic E-state index is 12.8. The lowest BCUT2D eigenvalue weighted by atomic mass is 10.2. The third-order valence-electron chi connectivity index (χ3n) is 5.74. The summed E-state index contributed by atoms with van der Waals surface area (Å²) in [5.74, 6) is 0.759. The first-order chi connectivity index (χ1) is 14.0. The number of quaternary nitrogens is 1. The van der Waals surface area contributed by atoms with Gasteiger partial charge < -0.3 is 15.5 Å². The van der Waals surface area contributed by atoms with E-state index in [9.17, 15) is 4.79 Å². The highest BCUT2D eigenvalue weighted by Gasteiger charge is 2.29. The minimum atomic E-state index is -0.356. The van der Waals surface area contributed by atoms with Crippen LogP contribution >= 0.6 is 11.3 Å². The van der Waals surface area contributed by atoms with E-state index in [-0.39, 0.29) is 18.0 Å². The molecule has 3 aromatic rings. The van der Waals surface area contributed by atoms with E-state index in [4.69, 9.17) is 0 Å². The number of aromatic nitrogens is 2. The van der Waals surface area contributed by atoms with Gasteiger partial charge in [0.25, 0.3) is 0 Å². The zero-order valence-corrected chi connectivity index (χ0v) is 18.0. The zero-order valence-electron chi connectivity index (χ0n) is 17.2. The Hall–Kier alpha value is -2.51. The van der Waals surface area contributed by atoms with Crippen molar-refractivity contribution in [3.05, 3.63) is 52.7 Å². The number of hydrogen-bond donors (Lipinski definition) is 3. The third-order valence-corrected chi connectivity index (χ3v) is 6.85. The highest BCUT2D eigenvalue weighted by molar-refractivity contribution is 7.18. The van der Waals surface area contributed by atoms with Gasteiger partial charge in [-0.05, 0) is 26.3 Å². The molecule has 0 radical (unpaired) electrons. The summed E-state index contributed by atoms with van der Waals surface area (Å²) in [6.45, 7) is 9.12. The van der Waals surface area contributed by atoms with Crippen molar-refractivity contribution in [3.63, 3.8) is 0 Å². The molecular weight excluding hydrogens is 382 g/mol. The smallest absolute Gasteiger partial charge is 0.242 e. The van der Waals surface area contributed by atoms with Crippen LogP contribution in [0.3, 0.4) is 0 Å². The summed E-state index contributed by atoms with van der Waals surface area (Å²) in [4.78, 5) is 25.2. The molecule has 0 saturated carbocycles. The molecule has 3 N–H and O–H groups in total. The lowest BCUT2D eigenvalue weighted by Crippen LogP contribution is -3.09. The van der Waals surface area contributed by atoms with Gasteiger partial charge in [-0.25, -0.2) is 9.97 Å². The topological polar surface area (TPSA) is 71.3 Å². The van der Waals surface area contributed by atoms with Crippen molar-refractivity contribution in [2.75, 3.05) is 18.4 Å². The molecule has 1 aromatic carbocycles. The van der Waals surface area contributed by atoms with Crippen molar-refractivity contribution in [2.45, 2.75) is 45.8 Å². The van der Waals surface area contributed by atoms with Crippen LogP contribution < -0.4 is 15.5 Å². The molecule has 3 heterocycles. The lowest BCUT2D eigenvalue weighted by molar-refractivity contribution is -0.901. The fourth-order valence-electron chi connectivity index (χ4n) is 3.99. The molecule has 4 rings (SSSR count). The quantitative estimate of drug-likeness (QED) is 0.582. The molecule has 1 unspecified atom stereocenters. The number of anilines is 1. The molecule has 3 atom stereocenters. The second-order valence-corrected chi connectivity index (χ2v) is 9.12. The summed E-state index contributed by atoms with van der Waals surface area (Å²) in [6, 6.07) is 10.4. The Morgan fingerprint density at radius 2 is 2.07 bits per heavy atom. The summed E-state index contributed by atoms with van der Waals surface area (Å²) in [7, 11) is 0. The van der Waals surface area contributed by atoms with Crippen molar-refractivity contribution in [1.29, 1.82) is 0 Å². The molecule has 1 amide bonds. The number of hydrogen-bond acceptors (Lipinski definition) is 5. The molecule has 152 valence electrons. The van der Waals surface area contributed by atoms with E-state index in [1.807, 2.05) is 13.0 Å². The van der Waals surface area contributed by atoms with Gasteiger partial charge in [0.05, 0.1) is 24.5 Å². The molecular formula is C22H28N5OS+. The molecule has 1 fully saturated rings. The molecule has 6 nitrogen and oxygen atoms in total. The first-order valence-electron chi connectivity index (χ1n) is 10.2. The lowest BCUT2D eigenvalue weighted by Gasteiger charge is -2.18. The Bertz CT molecular complexity index is 1000. The normalized spacial score (nSPS) is 20.0. The maximum atomic E-state index is 12.8. The van der Waals surface area contributed by atoms with E-state index in [1.165, 1.54) is 20.9 Å². The highest BCUT2D eigenvalue weighted by Crippen LogP contribution is 2.32. The van der Waals surface area contributed by atoms with Crippen LogP contribution in [-0.4, -0.2) is 41.0 Å². The second-order valence-electron chi connectivity index (χ2n) is 7.91. The van der Waals surface area contributed by atoms with E-state index in [1.54, 1.807) is 17.7 Å². The molecule has 0 bridgehead atoms. The summed E-state index contributed by atoms with van der Waals surface area (Å²) < 4.78 is 0. The van der Waals surface area contributed by atoms with Crippen LogP contribution in [0.25, 0.3) is 10.2 Å². The number of aryl methyl sites for hydroxylation is 2. The van der Waals surface area contributed by atoms with Gasteiger partial charge in [-0.1, -0.05) is 30.3 Å². The third kappa shape index (κ3) is 4.41. The fraction of sp³-hybridized carbons (Fsp3) is 0.409. The Labute approximate surface area is 175 Å². The predicted molar refractivity (Wildman–Crippen MR) is 117 cm³/mol. The molecule has 1 saturated heterocycles. The van der Waals surface area contributed by atoms with E-state index in [0.29, 0.717) is 0 Å². The SMILES string of the molecule is Cc1sc2ncnc(N[C@H](C)C(=O)N[C@H]3CC[NH+](Cc4ccccc4)C3)c2c1C. The van der Waals surface area contributed by atoms with Crippen molar-refractivity contribution in [1.82, 2.24) is 15.3 Å². The molecule has 7 heteroatoms. The molecule has 0 spiro atoms. The molecule has 1 aliphatic rings. The number of thiophene rings is 1. The minimum absolute atomic E-state index is 0.0207. The number of carbonyl (C=O) groups excluding carboxylic acids is 1. The Kier molecular flexibility index (Phi) is 5.78. The number of nitrogens with zero attached hydrogens (tertiary/aromatic N) is 2. The number of benzene rings is 1. The Morgan fingerprint density at radius 3 is 2.86 bits per heavy atom. The van der Waals surface area contributed by atoms with Crippen molar-refractivity contribution in [2.24, 2.45) is 0 Å². The van der Waals surface area contributed by atoms with Crippen LogP contribution in [0.1, 0.15) is 29.3 Å². The van der Waals surface area contributed by atoms with Crippen molar-refractivity contribution < 1.29 is 9.69 Å². The largest absolute Gasteiger partial charge is 0.358 e. The summed E-state index contributed by atoms with van der Waals surface area (Å²) in [6.07, 6.45) is 2.58. The predicted octanol–water partition coefficient (Wildman–Crippen LogP) is 2.08. The maximum Gasteiger partial charge on any atom is 0.242 e. The minimum Gasteiger partial charge on any atom is -0.358 e. The summed E-state index contributed by atoms with van der Waals surface area (Å²) >= 11 is 1.66. The molecule has 1 aliphatic heterocycles. The van der Waals surface area contributed by atoms with Gasteiger partial charge in [0, 0.05) is 16.9 Å². The van der Waals surface area contributed by atoms with Crippen LogP contribution in [0.4, 0.5) is 5.82 Å². The van der Waals surface area contributed by atoms with Gasteiger partial charge in [0.15, 0.2) is 0 Å². The van der Waals surface area contributed by atoms with Crippen LogP contribution in [0.5, 0.6) is 0 Å². The standard InChI is InChI=1S/C22H27N5OS/c1-14-16(3)29-22-19(14)20(23-13-24-22)25-15(2)21(28)26-18-9-10-27(12-18)11-17-7-5-4-6-8-17/h4-8,13,15,18H,9-12H2,1-3H3,(H,26,28)(H,23,24,25)/p+1/t15-,18+/m1/s1. The van der Waals surface area contributed by atoms with Crippen LogP contribution in [-0.2, 0) is 11.3 Å². The van der Waals surface area contributed by atoms with Crippen LogP contribution in [0, 0.1) is 13.8 Å². The first-order valence-corrected chi connectivity index (χ1v) is 11.0. The van der Waals surface area contributed by atoms with E-state index >= 15 is 0 Å². The summed E-state index contributed by atoms with van der Waals surface area (Å²) in [5, 5.41) is 7.54. The van der Waals surface area contributed by atoms with Gasteiger partial charge in [0.2, 0.25) is 5.91 Å². The average molecular weight is 411 g/mol. The average Bonchev–Trinajstić information content (AvgIpc) is 3.27. The van der Waals surface area contributed by atoms with Gasteiger partial charge >= 0.3 is 0 Å². The Balaban J connectivity index is 1.35. The van der Waals surface area contributed by atoms with E-state index in [0.717, 1.165) is 42.1 Å². The monoisotopic (exact) mass is 410 g/mol. The van der Waals surface area contributed by atoms with E-state index in [2.05, 4.69) is 58.7 Å². The zero-order chi connectivity index (χ0) is 20.4. The number of amides is 1. The van der Waals surface area contributed by atoms with Gasteiger partial charge in [-0.3, -0.25) is 4.79 Å². The number of nitrogens with one attached hydrogen (secondary N) is 3. The van der Waals surface area contributed by atoms with Crippen molar-refractivity contribution in [3.8, 4) is 0 Å². The van der Waals surface area contributed by atoms with Gasteiger partial charge in [0.1, 0.15) is 29.6 Å². The first kappa shape index (κ1) is 19.8. The van der Waals surface area contributed by atoms with Crippen LogP contribution in [0.2, 0.25) is 0 Å². The Morgan fingerprint density at radius 1 is 1.28 bits per heavy atom. The van der Waals surface area contributed by atoms with Gasteiger partial charge in [-0.15, -0.1) is 11.3 Å². The van der Waals surface area contributed by atoms with Crippen LogP contribution in [0.15, 0.2) is 36.7 Å². The summed E-state index contributed by atoms with van der Waals surface area (Å²) in [5.41, 5.74) is 2.52. The highest BCUT2D eigenvalue weighted by atomic mass is 32.1. The molecule has 29 heavy (non-hydrogen) atoms. The number of likely N-dealkylation sites (tertiary alicyclic amines) is 1. The fourth-order valence-corrected chi connectivity index (χ4v) is 4.98. The number of fused-ring (bicyclic) bond motifs is 1. The van der Waals surface area contributed by atoms with Crippen molar-refractivity contribution >= 4 is 33.3 Å². The molecule has 0 aliphatic carbocycles. The number of rotatable bonds is 6. The van der Waals surface area contributed by atoms with E-state index < -0.39 is 0 Å². The second kappa shape index (κ2) is 8.47.